The molecule has 0 aromatic carbocycles. The molecule has 1 aromatic heterocycles. The third-order valence-electron chi connectivity index (χ3n) is 2.00. The standard InChI is InChI=1S/C10H12N2O3/c1-6-3-4-11-5-8(6)9(13)12-7(2)10(14)15/h3-5,7H,1-2H3,(H,12,13)(H,14,15)/t7-/m0/s1. The molecule has 0 aliphatic rings. The molecule has 0 aliphatic carbocycles. The largest absolute Gasteiger partial charge is 0.480 e. The number of amides is 1. The summed E-state index contributed by atoms with van der Waals surface area (Å²) >= 11 is 0. The van der Waals surface area contributed by atoms with Crippen LogP contribution >= 0.6 is 0 Å². The summed E-state index contributed by atoms with van der Waals surface area (Å²) in [6.07, 6.45) is 2.99. The van der Waals surface area contributed by atoms with Gasteiger partial charge in [-0.15, -0.1) is 0 Å². The first-order valence-electron chi connectivity index (χ1n) is 4.46. The van der Waals surface area contributed by atoms with Crippen molar-refractivity contribution in [2.24, 2.45) is 0 Å². The van der Waals surface area contributed by atoms with Gasteiger partial charge < -0.3 is 10.4 Å². The molecular formula is C10H12N2O3. The van der Waals surface area contributed by atoms with Crippen LogP contribution in [0.2, 0.25) is 0 Å². The fourth-order valence-electron chi connectivity index (χ4n) is 1.04. The van der Waals surface area contributed by atoms with Crippen LogP contribution in [-0.4, -0.2) is 28.0 Å². The molecule has 0 bridgehead atoms. The topological polar surface area (TPSA) is 79.3 Å². The van der Waals surface area contributed by atoms with Gasteiger partial charge in [-0.2, -0.15) is 0 Å². The smallest absolute Gasteiger partial charge is 0.325 e. The Hall–Kier alpha value is -1.91. The lowest BCUT2D eigenvalue weighted by Crippen LogP contribution is -2.38. The van der Waals surface area contributed by atoms with Gasteiger partial charge in [-0.25, -0.2) is 0 Å². The Kier molecular flexibility index (Phi) is 3.38. The Labute approximate surface area is 87.1 Å². The number of aromatic nitrogens is 1. The molecule has 0 fully saturated rings. The number of aliphatic carboxylic acids is 1. The second-order valence-electron chi connectivity index (χ2n) is 3.22. The van der Waals surface area contributed by atoms with Crippen molar-refractivity contribution in [1.82, 2.24) is 10.3 Å². The number of carbonyl (C=O) groups is 2. The van der Waals surface area contributed by atoms with Crippen LogP contribution in [0.15, 0.2) is 18.5 Å². The van der Waals surface area contributed by atoms with Crippen LogP contribution in [0.25, 0.3) is 0 Å². The van der Waals surface area contributed by atoms with Crippen LogP contribution in [0.4, 0.5) is 0 Å². The lowest BCUT2D eigenvalue weighted by Gasteiger charge is -2.10. The average molecular weight is 208 g/mol. The van der Waals surface area contributed by atoms with Gasteiger partial charge in [0, 0.05) is 12.4 Å². The van der Waals surface area contributed by atoms with E-state index in [1.54, 1.807) is 19.2 Å². The zero-order valence-electron chi connectivity index (χ0n) is 8.52. The molecule has 15 heavy (non-hydrogen) atoms. The Morgan fingerprint density at radius 2 is 2.20 bits per heavy atom. The first kappa shape index (κ1) is 11.2. The summed E-state index contributed by atoms with van der Waals surface area (Å²) in [6.45, 7) is 3.17. The number of carboxylic acids is 1. The van der Waals surface area contributed by atoms with Gasteiger partial charge in [0.2, 0.25) is 0 Å². The van der Waals surface area contributed by atoms with E-state index < -0.39 is 17.9 Å². The fourth-order valence-corrected chi connectivity index (χ4v) is 1.04. The number of carbonyl (C=O) groups excluding carboxylic acids is 1. The monoisotopic (exact) mass is 208 g/mol. The van der Waals surface area contributed by atoms with Crippen molar-refractivity contribution in [3.8, 4) is 0 Å². The van der Waals surface area contributed by atoms with Crippen molar-refractivity contribution < 1.29 is 14.7 Å². The van der Waals surface area contributed by atoms with E-state index in [2.05, 4.69) is 10.3 Å². The number of nitrogens with one attached hydrogen (secondary N) is 1. The molecule has 0 unspecified atom stereocenters. The number of hydrogen-bond acceptors (Lipinski definition) is 3. The van der Waals surface area contributed by atoms with Crippen molar-refractivity contribution in [1.29, 1.82) is 0 Å². The maximum absolute atomic E-state index is 11.6. The van der Waals surface area contributed by atoms with Crippen molar-refractivity contribution in [2.75, 3.05) is 0 Å². The van der Waals surface area contributed by atoms with Crippen LogP contribution in [-0.2, 0) is 4.79 Å². The van der Waals surface area contributed by atoms with Crippen molar-refractivity contribution in [3.63, 3.8) is 0 Å². The minimum atomic E-state index is -1.06. The van der Waals surface area contributed by atoms with E-state index >= 15 is 0 Å². The third kappa shape index (κ3) is 2.77. The molecule has 1 amide bonds. The summed E-state index contributed by atoms with van der Waals surface area (Å²) in [7, 11) is 0. The second-order valence-corrected chi connectivity index (χ2v) is 3.22. The summed E-state index contributed by atoms with van der Waals surface area (Å²) < 4.78 is 0. The predicted molar refractivity (Wildman–Crippen MR) is 53.5 cm³/mol. The molecule has 1 atom stereocenters. The highest BCUT2D eigenvalue weighted by molar-refractivity contribution is 5.97. The van der Waals surface area contributed by atoms with Crippen molar-refractivity contribution in [2.45, 2.75) is 19.9 Å². The van der Waals surface area contributed by atoms with Crippen LogP contribution in [0.3, 0.4) is 0 Å². The molecule has 0 saturated heterocycles. The molecule has 1 heterocycles. The number of aryl methyl sites for hydroxylation is 1. The lowest BCUT2D eigenvalue weighted by atomic mass is 10.1. The number of pyridine rings is 1. The third-order valence-corrected chi connectivity index (χ3v) is 2.00. The molecule has 0 saturated carbocycles. The minimum Gasteiger partial charge on any atom is -0.480 e. The summed E-state index contributed by atoms with van der Waals surface area (Å²) in [4.78, 5) is 25.9. The number of rotatable bonds is 3. The van der Waals surface area contributed by atoms with Crippen molar-refractivity contribution in [3.05, 3.63) is 29.6 Å². The molecule has 5 heteroatoms. The number of carboxylic acid groups (broad SMARTS) is 1. The zero-order valence-corrected chi connectivity index (χ0v) is 8.52. The molecule has 80 valence electrons. The summed E-state index contributed by atoms with van der Waals surface area (Å²) in [6, 6.07) is 0.789. The Morgan fingerprint density at radius 1 is 1.53 bits per heavy atom. The summed E-state index contributed by atoms with van der Waals surface area (Å²) in [5.41, 5.74) is 1.16. The Bertz CT molecular complexity index is 390. The molecule has 0 spiro atoms. The van der Waals surface area contributed by atoms with E-state index in [4.69, 9.17) is 5.11 Å². The maximum Gasteiger partial charge on any atom is 0.325 e. The highest BCUT2D eigenvalue weighted by atomic mass is 16.4. The van der Waals surface area contributed by atoms with Crippen molar-refractivity contribution >= 4 is 11.9 Å². The van der Waals surface area contributed by atoms with Crippen LogP contribution in [0, 0.1) is 6.92 Å². The van der Waals surface area contributed by atoms with Gasteiger partial charge in [-0.05, 0) is 25.5 Å². The van der Waals surface area contributed by atoms with Gasteiger partial charge >= 0.3 is 5.97 Å². The van der Waals surface area contributed by atoms with E-state index in [9.17, 15) is 9.59 Å². The highest BCUT2D eigenvalue weighted by Gasteiger charge is 2.16. The molecule has 0 radical (unpaired) electrons. The maximum atomic E-state index is 11.6. The van der Waals surface area contributed by atoms with Gasteiger partial charge in [0.15, 0.2) is 0 Å². The lowest BCUT2D eigenvalue weighted by molar-refractivity contribution is -0.138. The van der Waals surface area contributed by atoms with Gasteiger partial charge in [-0.3, -0.25) is 14.6 Å². The Balaban J connectivity index is 2.78. The second kappa shape index (κ2) is 4.54. The average Bonchev–Trinajstić information content (AvgIpc) is 2.18. The van der Waals surface area contributed by atoms with E-state index in [1.807, 2.05) is 0 Å². The number of nitrogens with zero attached hydrogens (tertiary/aromatic N) is 1. The van der Waals surface area contributed by atoms with Crippen LogP contribution in [0.5, 0.6) is 0 Å². The van der Waals surface area contributed by atoms with E-state index in [0.717, 1.165) is 5.56 Å². The van der Waals surface area contributed by atoms with E-state index in [1.165, 1.54) is 13.1 Å². The summed E-state index contributed by atoms with van der Waals surface area (Å²) in [5, 5.41) is 11.0. The van der Waals surface area contributed by atoms with Crippen LogP contribution < -0.4 is 5.32 Å². The number of hydrogen-bond donors (Lipinski definition) is 2. The SMILES string of the molecule is Cc1ccncc1C(=O)N[C@@H](C)C(=O)O. The normalized spacial score (nSPS) is 11.9. The first-order chi connectivity index (χ1) is 7.02. The molecule has 1 rings (SSSR count). The molecule has 2 N–H and O–H groups in total. The van der Waals surface area contributed by atoms with E-state index in [0.29, 0.717) is 5.56 Å². The molecule has 1 aromatic rings. The molecule has 5 nitrogen and oxygen atoms in total. The molecule has 0 aliphatic heterocycles. The fraction of sp³-hybridized carbons (Fsp3) is 0.300. The van der Waals surface area contributed by atoms with Gasteiger partial charge in [0.05, 0.1) is 5.56 Å². The van der Waals surface area contributed by atoms with Gasteiger partial charge in [-0.1, -0.05) is 0 Å². The minimum absolute atomic E-state index is 0.394. The predicted octanol–water partition coefficient (Wildman–Crippen LogP) is 0.593. The Morgan fingerprint density at radius 3 is 2.73 bits per heavy atom. The van der Waals surface area contributed by atoms with E-state index in [-0.39, 0.29) is 0 Å². The quantitative estimate of drug-likeness (QED) is 0.762. The molecular weight excluding hydrogens is 196 g/mol. The summed E-state index contributed by atoms with van der Waals surface area (Å²) in [5.74, 6) is -1.49. The van der Waals surface area contributed by atoms with Crippen LogP contribution in [0.1, 0.15) is 22.8 Å². The van der Waals surface area contributed by atoms with Gasteiger partial charge in [0.1, 0.15) is 6.04 Å². The van der Waals surface area contributed by atoms with Gasteiger partial charge in [0.25, 0.3) is 5.91 Å². The zero-order chi connectivity index (χ0) is 11.4. The highest BCUT2D eigenvalue weighted by Crippen LogP contribution is 2.04. The first-order valence-corrected chi connectivity index (χ1v) is 4.46.